The lowest BCUT2D eigenvalue weighted by Gasteiger charge is -1.94. The Morgan fingerprint density at radius 1 is 2.00 bits per heavy atom. The van der Waals surface area contributed by atoms with E-state index < -0.39 is 0 Å². The summed E-state index contributed by atoms with van der Waals surface area (Å²) in [6, 6.07) is 0. The van der Waals surface area contributed by atoms with Crippen molar-refractivity contribution in [3.8, 4) is 0 Å². The Morgan fingerprint density at radius 3 is 3.11 bits per heavy atom. The van der Waals surface area contributed by atoms with Crippen LogP contribution in [-0.4, -0.2) is 25.3 Å². The first-order valence-electron chi connectivity index (χ1n) is 2.73. The van der Waals surface area contributed by atoms with Gasteiger partial charge in [0, 0.05) is 6.08 Å². The molecule has 1 aliphatic rings. The summed E-state index contributed by atoms with van der Waals surface area (Å²) in [5, 5.41) is 0. The number of hydrogen-bond acceptors (Lipinski definition) is 3. The highest BCUT2D eigenvalue weighted by Gasteiger charge is 2.23. The topological polar surface area (TPSA) is 38.8 Å². The first kappa shape index (κ1) is 6.29. The lowest BCUT2D eigenvalue weighted by Crippen LogP contribution is -2.06. The number of carbonyl (C=O) groups excluding carboxylic acids is 1. The second-order valence-corrected chi connectivity index (χ2v) is 1.79. The smallest absolute Gasteiger partial charge is 0.330 e. The van der Waals surface area contributed by atoms with Gasteiger partial charge in [0.2, 0.25) is 0 Å². The first-order valence-corrected chi connectivity index (χ1v) is 2.73. The van der Waals surface area contributed by atoms with E-state index in [9.17, 15) is 4.79 Å². The molecule has 1 atom stereocenters. The standard InChI is InChI=1S/C6H8O3/c1-2-6(7)9-4-5-3-8-5/h2,5H,1,3-4H2/t5-/m1/s1. The maximum absolute atomic E-state index is 10.3. The Labute approximate surface area is 53.3 Å². The Bertz CT molecular complexity index is 126. The van der Waals surface area contributed by atoms with Crippen molar-refractivity contribution < 1.29 is 14.3 Å². The van der Waals surface area contributed by atoms with Gasteiger partial charge >= 0.3 is 5.97 Å². The summed E-state index contributed by atoms with van der Waals surface area (Å²) < 4.78 is 9.42. The van der Waals surface area contributed by atoms with Crippen molar-refractivity contribution in [2.24, 2.45) is 0 Å². The highest BCUT2D eigenvalue weighted by atomic mass is 16.6. The zero-order valence-corrected chi connectivity index (χ0v) is 5.00. The van der Waals surface area contributed by atoms with E-state index in [2.05, 4.69) is 11.3 Å². The molecule has 0 spiro atoms. The van der Waals surface area contributed by atoms with Gasteiger partial charge < -0.3 is 9.47 Å². The number of esters is 1. The molecule has 0 unspecified atom stereocenters. The Hall–Kier alpha value is -0.830. The van der Waals surface area contributed by atoms with Gasteiger partial charge in [0.25, 0.3) is 0 Å². The predicted octanol–water partition coefficient (Wildman–Crippen LogP) is 0.114. The number of ether oxygens (including phenoxy) is 2. The molecule has 0 saturated carbocycles. The second kappa shape index (κ2) is 2.64. The van der Waals surface area contributed by atoms with E-state index in [4.69, 9.17) is 4.74 Å². The van der Waals surface area contributed by atoms with Crippen molar-refractivity contribution in [1.82, 2.24) is 0 Å². The summed E-state index contributed by atoms with van der Waals surface area (Å²) in [5.41, 5.74) is 0. The SMILES string of the molecule is C=CC(=O)OC[C@H]1CO1. The summed E-state index contributed by atoms with van der Waals surface area (Å²) in [6.45, 7) is 4.32. The van der Waals surface area contributed by atoms with E-state index in [1.54, 1.807) is 0 Å². The summed E-state index contributed by atoms with van der Waals surface area (Å²) >= 11 is 0. The molecule has 1 fully saturated rings. The van der Waals surface area contributed by atoms with Crippen molar-refractivity contribution >= 4 is 5.97 Å². The van der Waals surface area contributed by atoms with E-state index in [-0.39, 0.29) is 12.1 Å². The average Bonchev–Trinajstić information content (AvgIpc) is 2.65. The van der Waals surface area contributed by atoms with Crippen molar-refractivity contribution in [3.63, 3.8) is 0 Å². The third-order valence-corrected chi connectivity index (χ3v) is 0.981. The fraction of sp³-hybridized carbons (Fsp3) is 0.500. The van der Waals surface area contributed by atoms with Crippen LogP contribution < -0.4 is 0 Å². The minimum Gasteiger partial charge on any atom is -0.460 e. The Balaban J connectivity index is 2.02. The molecule has 0 radical (unpaired) electrons. The number of hydrogen-bond donors (Lipinski definition) is 0. The fourth-order valence-electron chi connectivity index (χ4n) is 0.398. The van der Waals surface area contributed by atoms with E-state index in [1.165, 1.54) is 0 Å². The Morgan fingerprint density at radius 2 is 2.67 bits per heavy atom. The molecule has 0 amide bonds. The van der Waals surface area contributed by atoms with Gasteiger partial charge in [-0.1, -0.05) is 6.58 Å². The van der Waals surface area contributed by atoms with Crippen LogP contribution in [0.15, 0.2) is 12.7 Å². The molecule has 1 saturated heterocycles. The quantitative estimate of drug-likeness (QED) is 0.308. The summed E-state index contributed by atoms with van der Waals surface area (Å²) in [6.07, 6.45) is 1.29. The molecule has 1 aliphatic heterocycles. The van der Waals surface area contributed by atoms with Gasteiger partial charge in [-0.3, -0.25) is 0 Å². The molecular weight excluding hydrogens is 120 g/mol. The van der Waals surface area contributed by atoms with Crippen LogP contribution in [-0.2, 0) is 14.3 Å². The average molecular weight is 128 g/mol. The number of rotatable bonds is 3. The van der Waals surface area contributed by atoms with Crippen LogP contribution in [0.2, 0.25) is 0 Å². The molecule has 1 heterocycles. The van der Waals surface area contributed by atoms with Gasteiger partial charge in [0.1, 0.15) is 12.7 Å². The molecule has 9 heavy (non-hydrogen) atoms. The highest BCUT2D eigenvalue weighted by Crippen LogP contribution is 2.08. The molecule has 1 rings (SSSR count). The van der Waals surface area contributed by atoms with E-state index in [0.717, 1.165) is 6.08 Å². The predicted molar refractivity (Wildman–Crippen MR) is 30.9 cm³/mol. The third kappa shape index (κ3) is 2.28. The molecule has 0 N–H and O–H groups in total. The monoisotopic (exact) mass is 128 g/mol. The minimum atomic E-state index is -0.384. The van der Waals surface area contributed by atoms with Gasteiger partial charge in [-0.2, -0.15) is 0 Å². The van der Waals surface area contributed by atoms with E-state index in [0.29, 0.717) is 13.2 Å². The van der Waals surface area contributed by atoms with Crippen LogP contribution in [0, 0.1) is 0 Å². The van der Waals surface area contributed by atoms with Gasteiger partial charge in [-0.25, -0.2) is 4.79 Å². The molecular formula is C6H8O3. The van der Waals surface area contributed by atoms with Gasteiger partial charge in [-0.15, -0.1) is 0 Å². The number of carbonyl (C=O) groups is 1. The molecule has 3 heteroatoms. The zero-order chi connectivity index (χ0) is 6.69. The lowest BCUT2D eigenvalue weighted by molar-refractivity contribution is -0.138. The molecule has 0 aromatic rings. The van der Waals surface area contributed by atoms with Crippen LogP contribution in [0.4, 0.5) is 0 Å². The normalized spacial score (nSPS) is 22.9. The Kier molecular flexibility index (Phi) is 1.85. The van der Waals surface area contributed by atoms with Crippen molar-refractivity contribution in [3.05, 3.63) is 12.7 Å². The number of epoxide rings is 1. The van der Waals surface area contributed by atoms with Crippen molar-refractivity contribution in [1.29, 1.82) is 0 Å². The summed E-state index contributed by atoms with van der Waals surface area (Å²) in [5.74, 6) is -0.384. The largest absolute Gasteiger partial charge is 0.460 e. The summed E-state index contributed by atoms with van der Waals surface area (Å²) in [4.78, 5) is 10.3. The van der Waals surface area contributed by atoms with E-state index in [1.807, 2.05) is 0 Å². The fourth-order valence-corrected chi connectivity index (χ4v) is 0.398. The van der Waals surface area contributed by atoms with Crippen molar-refractivity contribution in [2.45, 2.75) is 6.10 Å². The highest BCUT2D eigenvalue weighted by molar-refractivity contribution is 5.81. The molecule has 0 aromatic carbocycles. The van der Waals surface area contributed by atoms with E-state index >= 15 is 0 Å². The second-order valence-electron chi connectivity index (χ2n) is 1.79. The molecule has 0 bridgehead atoms. The maximum Gasteiger partial charge on any atom is 0.330 e. The maximum atomic E-state index is 10.3. The van der Waals surface area contributed by atoms with Gasteiger partial charge in [0.15, 0.2) is 0 Å². The third-order valence-electron chi connectivity index (χ3n) is 0.981. The van der Waals surface area contributed by atoms with Gasteiger partial charge in [-0.05, 0) is 0 Å². The van der Waals surface area contributed by atoms with Crippen molar-refractivity contribution in [2.75, 3.05) is 13.2 Å². The minimum absolute atomic E-state index is 0.147. The molecule has 50 valence electrons. The lowest BCUT2D eigenvalue weighted by atomic mass is 10.5. The molecule has 0 aromatic heterocycles. The first-order chi connectivity index (χ1) is 4.33. The molecule has 0 aliphatic carbocycles. The van der Waals surface area contributed by atoms with Crippen LogP contribution in [0.5, 0.6) is 0 Å². The van der Waals surface area contributed by atoms with Crippen LogP contribution >= 0.6 is 0 Å². The zero-order valence-electron chi connectivity index (χ0n) is 5.00. The van der Waals surface area contributed by atoms with Crippen LogP contribution in [0.1, 0.15) is 0 Å². The van der Waals surface area contributed by atoms with Crippen LogP contribution in [0.3, 0.4) is 0 Å². The van der Waals surface area contributed by atoms with Crippen LogP contribution in [0.25, 0.3) is 0 Å². The molecule has 3 nitrogen and oxygen atoms in total. The summed E-state index contributed by atoms with van der Waals surface area (Å²) in [7, 11) is 0. The van der Waals surface area contributed by atoms with Gasteiger partial charge in [0.05, 0.1) is 6.61 Å².